The van der Waals surface area contributed by atoms with Crippen LogP contribution in [-0.4, -0.2) is 45.6 Å². The van der Waals surface area contributed by atoms with Gasteiger partial charge in [-0.3, -0.25) is 19.2 Å². The highest BCUT2D eigenvalue weighted by atomic mass is 16.2. The predicted molar refractivity (Wildman–Crippen MR) is 125 cm³/mol. The molecule has 1 atom stereocenters. The Morgan fingerprint density at radius 2 is 1.97 bits per heavy atom. The summed E-state index contributed by atoms with van der Waals surface area (Å²) in [6.07, 6.45) is 0.136. The molecule has 2 amide bonds. The number of hydrogen-bond acceptors (Lipinski definition) is 4. The third-order valence-electron chi connectivity index (χ3n) is 6.37. The molecule has 2 N–H and O–H groups in total. The minimum Gasteiger partial charge on any atom is -0.353 e. The Morgan fingerprint density at radius 1 is 1.19 bits per heavy atom. The molecule has 0 aliphatic carbocycles. The van der Waals surface area contributed by atoms with Crippen molar-refractivity contribution in [3.8, 4) is 0 Å². The lowest BCUT2D eigenvalue weighted by Crippen LogP contribution is -2.56. The fourth-order valence-electron chi connectivity index (χ4n) is 4.55. The van der Waals surface area contributed by atoms with Gasteiger partial charge in [-0.15, -0.1) is 0 Å². The lowest BCUT2D eigenvalue weighted by molar-refractivity contribution is -0.134. The van der Waals surface area contributed by atoms with Crippen LogP contribution < -0.4 is 10.6 Å². The smallest absolute Gasteiger partial charge is 0.237 e. The van der Waals surface area contributed by atoms with Crippen molar-refractivity contribution in [2.45, 2.75) is 52.9 Å². The zero-order valence-electron chi connectivity index (χ0n) is 19.0. The third-order valence-corrected chi connectivity index (χ3v) is 6.37. The molecule has 7 nitrogen and oxygen atoms in total. The second-order valence-electron chi connectivity index (χ2n) is 8.36. The Kier molecular flexibility index (Phi) is 6.55. The zero-order chi connectivity index (χ0) is 22.7. The van der Waals surface area contributed by atoms with Crippen LogP contribution >= 0.6 is 0 Å². The molecule has 1 fully saturated rings. The second-order valence-corrected chi connectivity index (χ2v) is 8.36. The van der Waals surface area contributed by atoms with Crippen LogP contribution in [0.25, 0.3) is 10.8 Å². The predicted octanol–water partition coefficient (Wildman–Crippen LogP) is 2.68. The summed E-state index contributed by atoms with van der Waals surface area (Å²) in [5.74, 6) is -0.212. The minimum absolute atomic E-state index is 0.0854. The van der Waals surface area contributed by atoms with Gasteiger partial charge in [0.1, 0.15) is 0 Å². The van der Waals surface area contributed by atoms with Crippen molar-refractivity contribution >= 4 is 22.6 Å². The molecule has 0 radical (unpaired) electrons. The molecule has 1 aliphatic rings. The molecule has 1 aromatic heterocycles. The number of nitrogens with one attached hydrogen (secondary N) is 2. The Morgan fingerprint density at radius 3 is 2.75 bits per heavy atom. The monoisotopic (exact) mass is 433 g/mol. The van der Waals surface area contributed by atoms with Crippen molar-refractivity contribution in [1.82, 2.24) is 25.3 Å². The van der Waals surface area contributed by atoms with E-state index in [0.717, 1.165) is 23.5 Å². The topological polar surface area (TPSA) is 79.3 Å². The summed E-state index contributed by atoms with van der Waals surface area (Å²) in [6.45, 7) is 9.19. The number of hydrogen-bond donors (Lipinski definition) is 2. The van der Waals surface area contributed by atoms with Crippen molar-refractivity contribution in [1.29, 1.82) is 0 Å². The molecule has 2 heterocycles. The molecule has 2 aromatic carbocycles. The number of amides is 2. The molecule has 1 saturated heterocycles. The molecule has 168 valence electrons. The Balaban J connectivity index is 1.45. The van der Waals surface area contributed by atoms with Gasteiger partial charge >= 0.3 is 0 Å². The highest BCUT2D eigenvalue weighted by Gasteiger charge is 2.31. The van der Waals surface area contributed by atoms with Crippen LogP contribution in [0.15, 0.2) is 42.5 Å². The molecule has 1 unspecified atom stereocenters. The third kappa shape index (κ3) is 4.53. The van der Waals surface area contributed by atoms with Gasteiger partial charge in [0.25, 0.3) is 0 Å². The second kappa shape index (κ2) is 9.53. The van der Waals surface area contributed by atoms with E-state index in [1.165, 1.54) is 16.3 Å². The number of rotatable bonds is 7. The fourth-order valence-corrected chi connectivity index (χ4v) is 4.55. The summed E-state index contributed by atoms with van der Waals surface area (Å²) in [5.41, 5.74) is 4.21. The molecule has 1 aliphatic heterocycles. The Bertz CT molecular complexity index is 1130. The van der Waals surface area contributed by atoms with E-state index in [0.29, 0.717) is 26.2 Å². The highest BCUT2D eigenvalue weighted by Crippen LogP contribution is 2.22. The van der Waals surface area contributed by atoms with Crippen molar-refractivity contribution in [3.05, 3.63) is 65.0 Å². The molecule has 3 aromatic rings. The van der Waals surface area contributed by atoms with Crippen LogP contribution in [0, 0.1) is 13.8 Å². The number of fused-ring (bicyclic) bond motifs is 1. The van der Waals surface area contributed by atoms with Crippen LogP contribution in [-0.2, 0) is 29.2 Å². The first-order chi connectivity index (χ1) is 15.5. The number of nitrogens with zero attached hydrogens (tertiary/aromatic N) is 3. The molecule has 32 heavy (non-hydrogen) atoms. The maximum atomic E-state index is 12.8. The fraction of sp³-hybridized carbons (Fsp3) is 0.400. The first-order valence-corrected chi connectivity index (χ1v) is 11.3. The van der Waals surface area contributed by atoms with Crippen LogP contribution in [0.5, 0.6) is 0 Å². The minimum atomic E-state index is -0.483. The van der Waals surface area contributed by atoms with E-state index in [4.69, 9.17) is 0 Å². The van der Waals surface area contributed by atoms with Gasteiger partial charge in [-0.2, -0.15) is 5.10 Å². The SMILES string of the molecule is CCn1nc(C)c(CNC(=O)CC2C(=O)NCCN2Cc2cccc3ccccc23)c1C. The number of aromatic nitrogens is 2. The molecule has 0 spiro atoms. The Hall–Kier alpha value is -3.19. The average Bonchev–Trinajstić information content (AvgIpc) is 3.07. The molecular weight excluding hydrogens is 402 g/mol. The number of benzene rings is 2. The Labute approximate surface area is 188 Å². The summed E-state index contributed by atoms with van der Waals surface area (Å²) in [6, 6.07) is 14.0. The summed E-state index contributed by atoms with van der Waals surface area (Å²) in [7, 11) is 0. The van der Waals surface area contributed by atoms with Gasteiger partial charge in [-0.1, -0.05) is 42.5 Å². The maximum absolute atomic E-state index is 12.8. The van der Waals surface area contributed by atoms with Crippen molar-refractivity contribution in [2.75, 3.05) is 13.1 Å². The molecule has 4 rings (SSSR count). The van der Waals surface area contributed by atoms with Crippen molar-refractivity contribution in [3.63, 3.8) is 0 Å². The molecule has 0 bridgehead atoms. The van der Waals surface area contributed by atoms with Gasteiger partial charge in [0, 0.05) is 44.0 Å². The molecule has 0 saturated carbocycles. The van der Waals surface area contributed by atoms with Gasteiger partial charge in [0.05, 0.1) is 18.2 Å². The summed E-state index contributed by atoms with van der Waals surface area (Å²) in [4.78, 5) is 27.6. The zero-order valence-corrected chi connectivity index (χ0v) is 19.0. The van der Waals surface area contributed by atoms with Gasteiger partial charge in [0.15, 0.2) is 0 Å². The summed E-state index contributed by atoms with van der Waals surface area (Å²) >= 11 is 0. The van der Waals surface area contributed by atoms with E-state index >= 15 is 0 Å². The van der Waals surface area contributed by atoms with E-state index in [2.05, 4.69) is 44.9 Å². The van der Waals surface area contributed by atoms with Crippen molar-refractivity contribution < 1.29 is 9.59 Å². The summed E-state index contributed by atoms with van der Waals surface area (Å²) in [5, 5.41) is 12.8. The standard InChI is InChI=1S/C25H31N5O2/c1-4-30-18(3)22(17(2)28-30)15-27-24(31)14-23-25(32)26-12-13-29(23)16-20-10-7-9-19-8-5-6-11-21(19)20/h5-11,23H,4,12-16H2,1-3H3,(H,26,32)(H,27,31). The largest absolute Gasteiger partial charge is 0.353 e. The van der Waals surface area contributed by atoms with Gasteiger partial charge in [-0.25, -0.2) is 0 Å². The van der Waals surface area contributed by atoms with Gasteiger partial charge < -0.3 is 10.6 Å². The van der Waals surface area contributed by atoms with E-state index in [-0.39, 0.29) is 18.2 Å². The number of piperazine rings is 1. The maximum Gasteiger partial charge on any atom is 0.237 e. The lowest BCUT2D eigenvalue weighted by atomic mass is 10.0. The lowest BCUT2D eigenvalue weighted by Gasteiger charge is -2.35. The van der Waals surface area contributed by atoms with E-state index in [1.807, 2.05) is 43.7 Å². The van der Waals surface area contributed by atoms with Crippen LogP contribution in [0.4, 0.5) is 0 Å². The van der Waals surface area contributed by atoms with E-state index in [9.17, 15) is 9.59 Å². The normalized spacial score (nSPS) is 16.8. The number of carbonyl (C=O) groups excluding carboxylic acids is 2. The molecule has 7 heteroatoms. The van der Waals surface area contributed by atoms with Gasteiger partial charge in [0.2, 0.25) is 11.8 Å². The van der Waals surface area contributed by atoms with Gasteiger partial charge in [-0.05, 0) is 37.1 Å². The highest BCUT2D eigenvalue weighted by molar-refractivity contribution is 5.89. The van der Waals surface area contributed by atoms with E-state index < -0.39 is 6.04 Å². The first-order valence-electron chi connectivity index (χ1n) is 11.3. The van der Waals surface area contributed by atoms with E-state index in [1.54, 1.807) is 0 Å². The quantitative estimate of drug-likeness (QED) is 0.601. The first kappa shape index (κ1) is 22.0. The average molecular weight is 434 g/mol. The molecular formula is C25H31N5O2. The summed E-state index contributed by atoms with van der Waals surface area (Å²) < 4.78 is 1.94. The van der Waals surface area contributed by atoms with Crippen LogP contribution in [0.2, 0.25) is 0 Å². The van der Waals surface area contributed by atoms with Crippen molar-refractivity contribution in [2.24, 2.45) is 0 Å². The number of carbonyl (C=O) groups is 2. The van der Waals surface area contributed by atoms with Crippen LogP contribution in [0.1, 0.15) is 35.9 Å². The number of aryl methyl sites for hydroxylation is 2. The van der Waals surface area contributed by atoms with Crippen LogP contribution in [0.3, 0.4) is 0 Å².